The monoisotopic (exact) mass is 332 g/mol. The van der Waals surface area contributed by atoms with Gasteiger partial charge in [-0.25, -0.2) is 9.97 Å². The maximum Gasteiger partial charge on any atom is 0.172 e. The summed E-state index contributed by atoms with van der Waals surface area (Å²) in [6, 6.07) is 14.9. The van der Waals surface area contributed by atoms with Crippen molar-refractivity contribution in [3.8, 4) is 17.6 Å². The van der Waals surface area contributed by atoms with Crippen LogP contribution in [0.15, 0.2) is 42.5 Å². The maximum atomic E-state index is 9.56. The predicted molar refractivity (Wildman–Crippen MR) is 97.0 cm³/mol. The number of hydrogen-bond acceptors (Lipinski definition) is 6. The second kappa shape index (κ2) is 6.89. The molecule has 3 aromatic rings. The van der Waals surface area contributed by atoms with Crippen molar-refractivity contribution < 1.29 is 9.47 Å². The molecule has 25 heavy (non-hydrogen) atoms. The first-order chi connectivity index (χ1) is 12.1. The first-order valence-corrected chi connectivity index (χ1v) is 7.52. The summed E-state index contributed by atoms with van der Waals surface area (Å²) in [5, 5.41) is 10.3. The standard InChI is InChI=1S/C19H16N4O2/c1-24-14-8-12(9-15(10-14)25-2)7-13(11-20)19-22-17-6-4-3-5-16(17)18(21)23-19/h3-10H,1-2H3,(H2,21,22,23). The topological polar surface area (TPSA) is 94.0 Å². The number of fused-ring (bicyclic) bond motifs is 1. The summed E-state index contributed by atoms with van der Waals surface area (Å²) in [5.74, 6) is 1.87. The quantitative estimate of drug-likeness (QED) is 0.737. The molecule has 0 aliphatic carbocycles. The molecule has 0 atom stereocenters. The zero-order valence-corrected chi connectivity index (χ0v) is 13.9. The van der Waals surface area contributed by atoms with E-state index in [0.29, 0.717) is 28.4 Å². The fourth-order valence-electron chi connectivity index (χ4n) is 2.45. The van der Waals surface area contributed by atoms with Crippen LogP contribution in [0.4, 0.5) is 5.82 Å². The molecule has 0 aliphatic heterocycles. The van der Waals surface area contributed by atoms with Crippen LogP contribution in [-0.2, 0) is 0 Å². The number of nitriles is 1. The van der Waals surface area contributed by atoms with Crippen LogP contribution in [0.25, 0.3) is 22.6 Å². The van der Waals surface area contributed by atoms with Crippen LogP contribution in [0, 0.1) is 11.3 Å². The second-order valence-electron chi connectivity index (χ2n) is 5.27. The number of allylic oxidation sites excluding steroid dienone is 1. The van der Waals surface area contributed by atoms with Crippen molar-refractivity contribution >= 4 is 28.4 Å². The summed E-state index contributed by atoms with van der Waals surface area (Å²) in [7, 11) is 3.14. The average molecular weight is 332 g/mol. The zero-order chi connectivity index (χ0) is 17.8. The van der Waals surface area contributed by atoms with Gasteiger partial charge in [0.15, 0.2) is 5.82 Å². The number of ether oxygens (including phenoxy) is 2. The lowest BCUT2D eigenvalue weighted by Crippen LogP contribution is -2.00. The molecular weight excluding hydrogens is 316 g/mol. The molecular formula is C19H16N4O2. The molecule has 2 N–H and O–H groups in total. The summed E-state index contributed by atoms with van der Waals surface area (Å²) in [5.41, 5.74) is 7.73. The molecule has 6 heteroatoms. The summed E-state index contributed by atoms with van der Waals surface area (Å²) >= 11 is 0. The Labute approximate surface area is 145 Å². The summed E-state index contributed by atoms with van der Waals surface area (Å²) in [6.07, 6.45) is 1.68. The van der Waals surface area contributed by atoms with E-state index in [4.69, 9.17) is 15.2 Å². The van der Waals surface area contributed by atoms with Crippen molar-refractivity contribution in [2.45, 2.75) is 0 Å². The Balaban J connectivity index is 2.12. The Bertz CT molecular complexity index is 984. The largest absolute Gasteiger partial charge is 0.497 e. The highest BCUT2D eigenvalue weighted by Gasteiger charge is 2.10. The van der Waals surface area contributed by atoms with Crippen molar-refractivity contribution in [1.29, 1.82) is 5.26 Å². The highest BCUT2D eigenvalue weighted by atomic mass is 16.5. The Morgan fingerprint density at radius 1 is 1.08 bits per heavy atom. The van der Waals surface area contributed by atoms with Gasteiger partial charge in [-0.1, -0.05) is 12.1 Å². The molecule has 0 saturated heterocycles. The van der Waals surface area contributed by atoms with Gasteiger partial charge in [0, 0.05) is 11.5 Å². The number of benzene rings is 2. The highest BCUT2D eigenvalue weighted by molar-refractivity contribution is 5.93. The number of rotatable bonds is 4. The molecule has 2 aromatic carbocycles. The van der Waals surface area contributed by atoms with Crippen molar-refractivity contribution in [3.63, 3.8) is 0 Å². The third kappa shape index (κ3) is 3.35. The molecule has 0 saturated carbocycles. The number of nitrogen functional groups attached to an aromatic ring is 1. The third-order valence-corrected chi connectivity index (χ3v) is 3.68. The number of hydrogen-bond donors (Lipinski definition) is 1. The lowest BCUT2D eigenvalue weighted by molar-refractivity contribution is 0.394. The van der Waals surface area contributed by atoms with Crippen molar-refractivity contribution in [3.05, 3.63) is 53.9 Å². The molecule has 0 bridgehead atoms. The smallest absolute Gasteiger partial charge is 0.172 e. The van der Waals surface area contributed by atoms with Gasteiger partial charge in [0.25, 0.3) is 0 Å². The normalized spacial score (nSPS) is 11.2. The second-order valence-corrected chi connectivity index (χ2v) is 5.27. The fraction of sp³-hybridized carbons (Fsp3) is 0.105. The minimum atomic E-state index is 0.278. The fourth-order valence-corrected chi connectivity index (χ4v) is 2.45. The highest BCUT2D eigenvalue weighted by Crippen LogP contribution is 2.26. The molecule has 0 radical (unpaired) electrons. The van der Waals surface area contributed by atoms with E-state index in [1.807, 2.05) is 24.3 Å². The van der Waals surface area contributed by atoms with Gasteiger partial charge < -0.3 is 15.2 Å². The van der Waals surface area contributed by atoms with Crippen LogP contribution in [0.1, 0.15) is 11.4 Å². The number of nitrogens with two attached hydrogens (primary N) is 1. The van der Waals surface area contributed by atoms with Gasteiger partial charge in [-0.2, -0.15) is 5.26 Å². The molecule has 6 nitrogen and oxygen atoms in total. The van der Waals surface area contributed by atoms with Crippen LogP contribution in [0.5, 0.6) is 11.5 Å². The van der Waals surface area contributed by atoms with Crippen LogP contribution in [-0.4, -0.2) is 24.2 Å². The third-order valence-electron chi connectivity index (χ3n) is 3.68. The molecule has 1 aromatic heterocycles. The number of nitrogens with zero attached hydrogens (tertiary/aromatic N) is 3. The Hall–Kier alpha value is -3.59. The maximum absolute atomic E-state index is 9.56. The lowest BCUT2D eigenvalue weighted by atomic mass is 10.1. The van der Waals surface area contributed by atoms with Crippen molar-refractivity contribution in [1.82, 2.24) is 9.97 Å². The lowest BCUT2D eigenvalue weighted by Gasteiger charge is -2.07. The summed E-state index contributed by atoms with van der Waals surface area (Å²) in [6.45, 7) is 0. The van der Waals surface area contributed by atoms with Gasteiger partial charge in [-0.15, -0.1) is 0 Å². The van der Waals surface area contributed by atoms with Crippen LogP contribution < -0.4 is 15.2 Å². The number of para-hydroxylation sites is 1. The van der Waals surface area contributed by atoms with Gasteiger partial charge in [-0.3, -0.25) is 0 Å². The minimum Gasteiger partial charge on any atom is -0.497 e. The van der Waals surface area contributed by atoms with Gasteiger partial charge in [0.1, 0.15) is 23.4 Å². The van der Waals surface area contributed by atoms with E-state index in [1.54, 1.807) is 38.5 Å². The van der Waals surface area contributed by atoms with Crippen LogP contribution in [0.3, 0.4) is 0 Å². The number of aromatic nitrogens is 2. The van der Waals surface area contributed by atoms with Crippen molar-refractivity contribution in [2.75, 3.05) is 20.0 Å². The molecule has 3 rings (SSSR count). The Kier molecular flexibility index (Phi) is 4.48. The molecule has 0 unspecified atom stereocenters. The number of methoxy groups -OCH3 is 2. The van der Waals surface area contributed by atoms with Gasteiger partial charge in [-0.05, 0) is 35.9 Å². The van der Waals surface area contributed by atoms with Gasteiger partial charge in [0.2, 0.25) is 0 Å². The Morgan fingerprint density at radius 3 is 2.40 bits per heavy atom. The molecule has 0 amide bonds. The van der Waals surface area contributed by atoms with E-state index in [9.17, 15) is 5.26 Å². The minimum absolute atomic E-state index is 0.278. The molecule has 0 aliphatic rings. The molecule has 0 spiro atoms. The summed E-state index contributed by atoms with van der Waals surface area (Å²) < 4.78 is 10.5. The first-order valence-electron chi connectivity index (χ1n) is 7.52. The van der Waals surface area contributed by atoms with Crippen LogP contribution >= 0.6 is 0 Å². The van der Waals surface area contributed by atoms with Crippen molar-refractivity contribution in [2.24, 2.45) is 0 Å². The number of anilines is 1. The average Bonchev–Trinajstić information content (AvgIpc) is 2.65. The first kappa shape index (κ1) is 16.3. The van der Waals surface area contributed by atoms with E-state index >= 15 is 0 Å². The van der Waals surface area contributed by atoms with E-state index in [1.165, 1.54) is 0 Å². The molecule has 1 heterocycles. The molecule has 0 fully saturated rings. The van der Waals surface area contributed by atoms with Gasteiger partial charge >= 0.3 is 0 Å². The molecule has 124 valence electrons. The Morgan fingerprint density at radius 2 is 1.76 bits per heavy atom. The predicted octanol–water partition coefficient (Wildman–Crippen LogP) is 3.29. The van der Waals surface area contributed by atoms with Crippen LogP contribution in [0.2, 0.25) is 0 Å². The van der Waals surface area contributed by atoms with E-state index in [2.05, 4.69) is 16.0 Å². The zero-order valence-electron chi connectivity index (χ0n) is 13.9. The van der Waals surface area contributed by atoms with E-state index in [0.717, 1.165) is 10.9 Å². The summed E-state index contributed by atoms with van der Waals surface area (Å²) in [4.78, 5) is 8.71. The van der Waals surface area contributed by atoms with Gasteiger partial charge in [0.05, 0.1) is 25.3 Å². The van der Waals surface area contributed by atoms with E-state index in [-0.39, 0.29) is 5.82 Å². The SMILES string of the molecule is COc1cc(C=C(C#N)c2nc(N)c3ccccc3n2)cc(OC)c1. The van der Waals surface area contributed by atoms with E-state index < -0.39 is 0 Å².